The predicted octanol–water partition coefficient (Wildman–Crippen LogP) is 5.31. The predicted molar refractivity (Wildman–Crippen MR) is 113 cm³/mol. The summed E-state index contributed by atoms with van der Waals surface area (Å²) in [4.78, 5) is 9.65. The number of hydrogen-bond acceptors (Lipinski definition) is 5. The Morgan fingerprint density at radius 3 is 2.25 bits per heavy atom. The van der Waals surface area contributed by atoms with Crippen LogP contribution in [0, 0.1) is 6.92 Å². The topological polar surface area (TPSA) is 56.5 Å². The number of nitrogens with zero attached hydrogens (tertiary/aromatic N) is 5. The van der Waals surface area contributed by atoms with E-state index in [1.165, 1.54) is 17.3 Å². The average Bonchev–Trinajstić information content (AvgIpc) is 3.00. The Balaban J connectivity index is 1.75. The summed E-state index contributed by atoms with van der Waals surface area (Å²) >= 11 is 13.8. The zero-order valence-corrected chi connectivity index (χ0v) is 17.7. The maximum atomic E-state index is 6.18. The Kier molecular flexibility index (Phi) is 5.53. The first-order chi connectivity index (χ1) is 13.5. The lowest BCUT2D eigenvalue weighted by Gasteiger charge is -2.10. The van der Waals surface area contributed by atoms with Crippen molar-refractivity contribution in [3.8, 4) is 0 Å². The van der Waals surface area contributed by atoms with E-state index in [2.05, 4.69) is 22.3 Å². The molecule has 8 heteroatoms. The largest absolute Gasteiger partial charge is 0.309 e. The van der Waals surface area contributed by atoms with E-state index < -0.39 is 0 Å². The third-order valence-corrected chi connectivity index (χ3v) is 6.26. The number of rotatable bonds is 5. The van der Waals surface area contributed by atoms with E-state index in [0.29, 0.717) is 15.6 Å². The first-order valence-electron chi connectivity index (χ1n) is 8.74. The monoisotopic (exact) mass is 429 g/mol. The minimum absolute atomic E-state index is 0.464. The summed E-state index contributed by atoms with van der Waals surface area (Å²) in [7, 11) is 1.94. The Hall–Kier alpha value is -2.15. The van der Waals surface area contributed by atoms with Crippen molar-refractivity contribution >= 4 is 46.0 Å². The third kappa shape index (κ3) is 3.99. The van der Waals surface area contributed by atoms with Crippen molar-refractivity contribution < 1.29 is 0 Å². The van der Waals surface area contributed by atoms with Crippen molar-refractivity contribution in [3.63, 3.8) is 0 Å². The van der Waals surface area contributed by atoms with Crippen LogP contribution in [0.5, 0.6) is 0 Å². The molecule has 0 saturated heterocycles. The molecule has 0 fully saturated rings. The molecule has 0 N–H and O–H groups in total. The van der Waals surface area contributed by atoms with Gasteiger partial charge in [0, 0.05) is 7.05 Å². The molecule has 2 aromatic carbocycles. The molecule has 0 aliphatic rings. The lowest BCUT2D eigenvalue weighted by atomic mass is 10.1. The SMILES string of the molecule is Cc1nnc(Sc2nc3cc(Cl)c(Cl)cc3nc2CCc2ccccc2)n1C. The highest BCUT2D eigenvalue weighted by atomic mass is 35.5. The van der Waals surface area contributed by atoms with Crippen LogP contribution in [-0.4, -0.2) is 24.7 Å². The molecular weight excluding hydrogens is 413 g/mol. The molecule has 5 nitrogen and oxygen atoms in total. The van der Waals surface area contributed by atoms with Gasteiger partial charge in [-0.15, -0.1) is 10.2 Å². The number of aromatic nitrogens is 5. The van der Waals surface area contributed by atoms with Crippen LogP contribution in [0.3, 0.4) is 0 Å². The van der Waals surface area contributed by atoms with Gasteiger partial charge in [-0.3, -0.25) is 0 Å². The number of aryl methyl sites for hydroxylation is 3. The second-order valence-corrected chi connectivity index (χ2v) is 8.18. The molecule has 0 amide bonds. The number of fused-ring (bicyclic) bond motifs is 1. The van der Waals surface area contributed by atoms with Crippen LogP contribution in [-0.2, 0) is 19.9 Å². The molecule has 0 radical (unpaired) electrons. The van der Waals surface area contributed by atoms with Crippen LogP contribution in [0.15, 0.2) is 52.6 Å². The number of halogens is 2. The smallest absolute Gasteiger partial charge is 0.197 e. The Bertz CT molecular complexity index is 1140. The van der Waals surface area contributed by atoms with Crippen molar-refractivity contribution in [1.82, 2.24) is 24.7 Å². The average molecular weight is 430 g/mol. The molecule has 2 heterocycles. The van der Waals surface area contributed by atoms with E-state index in [9.17, 15) is 0 Å². The normalized spacial score (nSPS) is 11.3. The zero-order valence-electron chi connectivity index (χ0n) is 15.4. The summed E-state index contributed by atoms with van der Waals surface area (Å²) in [6.45, 7) is 1.92. The summed E-state index contributed by atoms with van der Waals surface area (Å²) in [5, 5.41) is 10.9. The number of hydrogen-bond donors (Lipinski definition) is 0. The van der Waals surface area contributed by atoms with Gasteiger partial charge in [0.15, 0.2) is 5.16 Å². The van der Waals surface area contributed by atoms with Gasteiger partial charge in [-0.25, -0.2) is 9.97 Å². The van der Waals surface area contributed by atoms with Gasteiger partial charge in [-0.1, -0.05) is 53.5 Å². The molecule has 2 aromatic heterocycles. The molecule has 0 aliphatic heterocycles. The lowest BCUT2D eigenvalue weighted by molar-refractivity contribution is 0.762. The van der Waals surface area contributed by atoms with E-state index >= 15 is 0 Å². The maximum absolute atomic E-state index is 6.18. The molecule has 0 unspecified atom stereocenters. The molecule has 142 valence electrons. The minimum Gasteiger partial charge on any atom is -0.309 e. The minimum atomic E-state index is 0.464. The van der Waals surface area contributed by atoms with Crippen LogP contribution >= 0.6 is 35.0 Å². The highest BCUT2D eigenvalue weighted by Crippen LogP contribution is 2.32. The van der Waals surface area contributed by atoms with Gasteiger partial charge in [0.1, 0.15) is 10.9 Å². The third-order valence-electron chi connectivity index (χ3n) is 4.48. The van der Waals surface area contributed by atoms with Gasteiger partial charge < -0.3 is 4.57 Å². The highest BCUT2D eigenvalue weighted by Gasteiger charge is 2.16. The van der Waals surface area contributed by atoms with Crippen molar-refractivity contribution in [2.45, 2.75) is 29.9 Å². The molecule has 4 aromatic rings. The Morgan fingerprint density at radius 1 is 0.929 bits per heavy atom. The summed E-state index contributed by atoms with van der Waals surface area (Å²) in [6.07, 6.45) is 1.63. The summed E-state index contributed by atoms with van der Waals surface area (Å²) in [5.74, 6) is 0.844. The fraction of sp³-hybridized carbons (Fsp3) is 0.200. The standard InChI is InChI=1S/C20H17Cl2N5S/c1-12-25-26-20(27(12)2)28-19-16(9-8-13-6-4-3-5-7-13)23-17-10-14(21)15(22)11-18(17)24-19/h3-7,10-11H,8-9H2,1-2H3. The molecular formula is C20H17Cl2N5S. The quantitative estimate of drug-likeness (QED) is 0.430. The molecule has 0 saturated carbocycles. The van der Waals surface area contributed by atoms with E-state index in [-0.39, 0.29) is 0 Å². The van der Waals surface area contributed by atoms with Gasteiger partial charge >= 0.3 is 0 Å². The van der Waals surface area contributed by atoms with E-state index in [1.54, 1.807) is 12.1 Å². The van der Waals surface area contributed by atoms with Crippen LogP contribution in [0.4, 0.5) is 0 Å². The van der Waals surface area contributed by atoms with Crippen molar-refractivity contribution in [1.29, 1.82) is 0 Å². The molecule has 28 heavy (non-hydrogen) atoms. The fourth-order valence-corrected chi connectivity index (χ4v) is 4.04. The molecule has 0 spiro atoms. The van der Waals surface area contributed by atoms with E-state index in [4.69, 9.17) is 33.2 Å². The Labute approximate surface area is 177 Å². The summed E-state index contributed by atoms with van der Waals surface area (Å²) < 4.78 is 1.94. The van der Waals surface area contributed by atoms with E-state index in [0.717, 1.165) is 40.1 Å². The van der Waals surface area contributed by atoms with Crippen molar-refractivity contribution in [2.24, 2.45) is 7.05 Å². The Morgan fingerprint density at radius 2 is 1.61 bits per heavy atom. The van der Waals surface area contributed by atoms with Crippen molar-refractivity contribution in [2.75, 3.05) is 0 Å². The van der Waals surface area contributed by atoms with Gasteiger partial charge in [0.2, 0.25) is 0 Å². The van der Waals surface area contributed by atoms with Gasteiger partial charge in [-0.2, -0.15) is 0 Å². The van der Waals surface area contributed by atoms with Crippen LogP contribution in [0.2, 0.25) is 10.0 Å². The lowest BCUT2D eigenvalue weighted by Crippen LogP contribution is -2.02. The first kappa shape index (κ1) is 19.2. The van der Waals surface area contributed by atoms with Crippen LogP contribution in [0.25, 0.3) is 11.0 Å². The second-order valence-electron chi connectivity index (χ2n) is 6.41. The second kappa shape index (κ2) is 8.07. The van der Waals surface area contributed by atoms with Crippen LogP contribution < -0.4 is 0 Å². The molecule has 0 aliphatic carbocycles. The summed E-state index contributed by atoms with van der Waals surface area (Å²) in [6, 6.07) is 13.8. The van der Waals surface area contributed by atoms with Crippen LogP contribution in [0.1, 0.15) is 17.1 Å². The number of benzene rings is 2. The fourth-order valence-electron chi connectivity index (χ4n) is 2.79. The van der Waals surface area contributed by atoms with Gasteiger partial charge in [0.25, 0.3) is 0 Å². The van der Waals surface area contributed by atoms with Gasteiger partial charge in [0.05, 0.1) is 26.8 Å². The highest BCUT2D eigenvalue weighted by molar-refractivity contribution is 7.99. The molecule has 4 rings (SSSR count). The summed E-state index contributed by atoms with van der Waals surface area (Å²) in [5.41, 5.74) is 3.60. The maximum Gasteiger partial charge on any atom is 0.197 e. The van der Waals surface area contributed by atoms with Gasteiger partial charge in [-0.05, 0) is 49.2 Å². The van der Waals surface area contributed by atoms with Crippen molar-refractivity contribution in [3.05, 3.63) is 69.6 Å². The first-order valence-corrected chi connectivity index (χ1v) is 10.3. The zero-order chi connectivity index (χ0) is 19.7. The molecule has 0 bridgehead atoms. The molecule has 0 atom stereocenters. The van der Waals surface area contributed by atoms with E-state index in [1.807, 2.05) is 36.7 Å².